The van der Waals surface area contributed by atoms with Crippen LogP contribution in [0.3, 0.4) is 0 Å². The normalized spacial score (nSPS) is 20.0. The average Bonchev–Trinajstić information content (AvgIpc) is 2.88. The molecule has 1 atom stereocenters. The zero-order valence-corrected chi connectivity index (χ0v) is 12.3. The molecule has 1 aromatic heterocycles. The zero-order chi connectivity index (χ0) is 14.4. The van der Waals surface area contributed by atoms with Crippen LogP contribution in [0.15, 0.2) is 0 Å². The Morgan fingerprint density at radius 1 is 1.45 bits per heavy atom. The number of aromatic nitrogens is 4. The molecule has 0 N–H and O–H groups in total. The molecule has 0 amide bonds. The number of tetrazole rings is 1. The van der Waals surface area contributed by atoms with Gasteiger partial charge in [-0.1, -0.05) is 13.3 Å². The highest BCUT2D eigenvalue weighted by Crippen LogP contribution is 2.21. The van der Waals surface area contributed by atoms with Crippen molar-refractivity contribution in [1.29, 1.82) is 0 Å². The first kappa shape index (κ1) is 14.9. The Balaban J connectivity index is 2.00. The number of aryl methyl sites for hydroxylation is 1. The van der Waals surface area contributed by atoms with Crippen LogP contribution in [0.1, 0.15) is 44.9 Å². The van der Waals surface area contributed by atoms with Gasteiger partial charge >= 0.3 is 5.97 Å². The maximum atomic E-state index is 11.5. The molecule has 0 radical (unpaired) electrons. The molecule has 20 heavy (non-hydrogen) atoms. The van der Waals surface area contributed by atoms with E-state index < -0.39 is 0 Å². The van der Waals surface area contributed by atoms with Crippen molar-refractivity contribution in [1.82, 2.24) is 25.1 Å². The Morgan fingerprint density at radius 2 is 2.30 bits per heavy atom. The van der Waals surface area contributed by atoms with Gasteiger partial charge in [-0.05, 0) is 36.2 Å². The maximum Gasteiger partial charge on any atom is 0.307 e. The highest BCUT2D eigenvalue weighted by Gasteiger charge is 2.26. The summed E-state index contributed by atoms with van der Waals surface area (Å²) in [5, 5.41) is 11.9. The molecular weight excluding hydrogens is 258 g/mol. The largest absolute Gasteiger partial charge is 0.469 e. The van der Waals surface area contributed by atoms with Crippen molar-refractivity contribution in [2.24, 2.45) is 0 Å². The summed E-state index contributed by atoms with van der Waals surface area (Å²) >= 11 is 0. The van der Waals surface area contributed by atoms with Crippen molar-refractivity contribution in [2.75, 3.05) is 13.7 Å². The number of rotatable bonds is 6. The monoisotopic (exact) mass is 281 g/mol. The molecule has 7 heteroatoms. The number of methoxy groups -OCH3 is 1. The predicted octanol–water partition coefficient (Wildman–Crippen LogP) is 1.00. The van der Waals surface area contributed by atoms with Crippen LogP contribution >= 0.6 is 0 Å². The van der Waals surface area contributed by atoms with Gasteiger partial charge in [-0.15, -0.1) is 5.10 Å². The van der Waals surface area contributed by atoms with Crippen LogP contribution in [0.25, 0.3) is 0 Å². The summed E-state index contributed by atoms with van der Waals surface area (Å²) < 4.78 is 6.64. The van der Waals surface area contributed by atoms with Crippen LogP contribution in [0.5, 0.6) is 0 Å². The topological polar surface area (TPSA) is 73.1 Å². The first-order valence-corrected chi connectivity index (χ1v) is 7.30. The number of ether oxygens (including phenoxy) is 1. The molecule has 0 spiro atoms. The minimum absolute atomic E-state index is 0.143. The Kier molecular flexibility index (Phi) is 5.46. The van der Waals surface area contributed by atoms with Crippen molar-refractivity contribution in [3.05, 3.63) is 5.82 Å². The van der Waals surface area contributed by atoms with E-state index in [1.54, 1.807) is 0 Å². The van der Waals surface area contributed by atoms with E-state index in [9.17, 15) is 4.79 Å². The second-order valence-corrected chi connectivity index (χ2v) is 5.22. The first-order valence-electron chi connectivity index (χ1n) is 7.30. The third-order valence-electron chi connectivity index (χ3n) is 3.77. The van der Waals surface area contributed by atoms with Gasteiger partial charge in [0.2, 0.25) is 0 Å². The van der Waals surface area contributed by atoms with Gasteiger partial charge in [0, 0.05) is 12.6 Å². The van der Waals surface area contributed by atoms with Gasteiger partial charge in [0.25, 0.3) is 0 Å². The molecule has 1 aromatic rings. The lowest BCUT2D eigenvalue weighted by atomic mass is 9.99. The van der Waals surface area contributed by atoms with Gasteiger partial charge in [-0.25, -0.2) is 4.68 Å². The summed E-state index contributed by atoms with van der Waals surface area (Å²) in [5.74, 6) is 0.735. The van der Waals surface area contributed by atoms with Crippen LogP contribution in [-0.2, 0) is 22.6 Å². The molecule has 1 saturated heterocycles. The van der Waals surface area contributed by atoms with Crippen molar-refractivity contribution < 1.29 is 9.53 Å². The van der Waals surface area contributed by atoms with E-state index in [4.69, 9.17) is 4.74 Å². The van der Waals surface area contributed by atoms with E-state index in [0.717, 1.165) is 44.6 Å². The molecule has 2 heterocycles. The molecular formula is C13H23N5O2. The number of hydrogen-bond donors (Lipinski definition) is 0. The van der Waals surface area contributed by atoms with E-state index in [2.05, 4.69) is 27.3 Å². The van der Waals surface area contributed by atoms with Crippen LogP contribution in [0.4, 0.5) is 0 Å². The summed E-state index contributed by atoms with van der Waals surface area (Å²) in [5.41, 5.74) is 0. The minimum atomic E-state index is -0.143. The zero-order valence-electron chi connectivity index (χ0n) is 12.3. The average molecular weight is 281 g/mol. The summed E-state index contributed by atoms with van der Waals surface area (Å²) in [6, 6.07) is 0.239. The number of esters is 1. The first-order chi connectivity index (χ1) is 9.74. The lowest BCUT2D eigenvalue weighted by molar-refractivity contribution is -0.142. The lowest BCUT2D eigenvalue weighted by Gasteiger charge is -2.34. The summed E-state index contributed by atoms with van der Waals surface area (Å²) in [6.45, 7) is 4.62. The lowest BCUT2D eigenvalue weighted by Crippen LogP contribution is -2.41. The van der Waals surface area contributed by atoms with Gasteiger partial charge in [-0.3, -0.25) is 9.69 Å². The summed E-state index contributed by atoms with van der Waals surface area (Å²) in [6.07, 6.45) is 4.81. The van der Waals surface area contributed by atoms with Gasteiger partial charge in [0.15, 0.2) is 5.82 Å². The van der Waals surface area contributed by atoms with E-state index in [1.165, 1.54) is 7.11 Å². The van der Waals surface area contributed by atoms with Crippen molar-refractivity contribution in [2.45, 2.75) is 58.2 Å². The van der Waals surface area contributed by atoms with Gasteiger partial charge in [-0.2, -0.15) is 0 Å². The number of nitrogens with zero attached hydrogens (tertiary/aromatic N) is 5. The van der Waals surface area contributed by atoms with Gasteiger partial charge in [0.1, 0.15) is 0 Å². The predicted molar refractivity (Wildman–Crippen MR) is 72.8 cm³/mol. The van der Waals surface area contributed by atoms with Gasteiger partial charge in [0.05, 0.1) is 20.1 Å². The molecule has 7 nitrogen and oxygen atoms in total. The van der Waals surface area contributed by atoms with Crippen molar-refractivity contribution >= 4 is 5.97 Å². The fraction of sp³-hybridized carbons (Fsp3) is 0.846. The number of likely N-dealkylation sites (tertiary alicyclic amines) is 1. The highest BCUT2D eigenvalue weighted by atomic mass is 16.5. The molecule has 112 valence electrons. The number of piperidine rings is 1. The summed E-state index contributed by atoms with van der Waals surface area (Å²) in [7, 11) is 1.44. The molecule has 1 fully saturated rings. The number of carbonyl (C=O) groups is 1. The molecule has 1 aliphatic heterocycles. The SMILES string of the molecule is CCCn1nnnc1CN1CCCCC1CC(=O)OC. The maximum absolute atomic E-state index is 11.5. The standard InChI is InChI=1S/C13H23N5O2/c1-3-7-18-12(14-15-16-18)10-17-8-5-4-6-11(17)9-13(19)20-2/h11H,3-10H2,1-2H3. The molecule has 1 aliphatic rings. The Labute approximate surface area is 119 Å². The molecule has 0 saturated carbocycles. The van der Waals surface area contributed by atoms with E-state index >= 15 is 0 Å². The molecule has 2 rings (SSSR count). The molecule has 0 bridgehead atoms. The molecule has 1 unspecified atom stereocenters. The quantitative estimate of drug-likeness (QED) is 0.724. The highest BCUT2D eigenvalue weighted by molar-refractivity contribution is 5.69. The number of carbonyl (C=O) groups excluding carboxylic acids is 1. The van der Waals surface area contributed by atoms with Crippen molar-refractivity contribution in [3.8, 4) is 0 Å². The second kappa shape index (κ2) is 7.33. The third kappa shape index (κ3) is 3.75. The van der Waals surface area contributed by atoms with Crippen LogP contribution in [0, 0.1) is 0 Å². The summed E-state index contributed by atoms with van der Waals surface area (Å²) in [4.78, 5) is 13.8. The van der Waals surface area contributed by atoms with Crippen LogP contribution < -0.4 is 0 Å². The number of hydrogen-bond acceptors (Lipinski definition) is 6. The molecule has 0 aliphatic carbocycles. The fourth-order valence-corrected chi connectivity index (χ4v) is 2.68. The Bertz CT molecular complexity index is 434. The Hall–Kier alpha value is -1.50. The van der Waals surface area contributed by atoms with E-state index in [-0.39, 0.29) is 12.0 Å². The van der Waals surface area contributed by atoms with Gasteiger partial charge < -0.3 is 4.74 Å². The van der Waals surface area contributed by atoms with E-state index in [0.29, 0.717) is 13.0 Å². The van der Waals surface area contributed by atoms with Crippen LogP contribution in [0.2, 0.25) is 0 Å². The smallest absolute Gasteiger partial charge is 0.307 e. The second-order valence-electron chi connectivity index (χ2n) is 5.22. The molecule has 0 aromatic carbocycles. The Morgan fingerprint density at radius 3 is 3.05 bits per heavy atom. The minimum Gasteiger partial charge on any atom is -0.469 e. The third-order valence-corrected chi connectivity index (χ3v) is 3.77. The van der Waals surface area contributed by atoms with Crippen molar-refractivity contribution in [3.63, 3.8) is 0 Å². The van der Waals surface area contributed by atoms with Crippen LogP contribution in [-0.4, -0.2) is 50.8 Å². The van der Waals surface area contributed by atoms with E-state index in [1.807, 2.05) is 4.68 Å². The fourth-order valence-electron chi connectivity index (χ4n) is 2.68.